The molecule has 0 radical (unpaired) electrons. The third kappa shape index (κ3) is 2.36. The van der Waals surface area contributed by atoms with Crippen LogP contribution in [-0.4, -0.2) is 29.8 Å². The molecule has 6 heteroatoms. The van der Waals surface area contributed by atoms with E-state index in [9.17, 15) is 9.59 Å². The molecule has 1 aromatic carbocycles. The summed E-state index contributed by atoms with van der Waals surface area (Å²) in [6.07, 6.45) is 0.181. The van der Waals surface area contributed by atoms with Crippen LogP contribution in [0.3, 0.4) is 0 Å². The van der Waals surface area contributed by atoms with Gasteiger partial charge in [-0.25, -0.2) is 0 Å². The van der Waals surface area contributed by atoms with Gasteiger partial charge in [-0.3, -0.25) is 14.5 Å². The first-order valence-electron chi connectivity index (χ1n) is 5.11. The summed E-state index contributed by atoms with van der Waals surface area (Å²) in [5.74, 6) is -0.385. The number of anilines is 2. The molecule has 3 N–H and O–H groups in total. The van der Waals surface area contributed by atoms with E-state index in [1.807, 2.05) is 18.2 Å². The molecule has 90 valence electrons. The predicted octanol–water partition coefficient (Wildman–Crippen LogP) is 1.04. The second-order valence-corrected chi connectivity index (χ2v) is 5.17. The minimum atomic E-state index is -0.505. The van der Waals surface area contributed by atoms with Gasteiger partial charge in [0.15, 0.2) is 0 Å². The average molecular weight is 345 g/mol. The Morgan fingerprint density at radius 2 is 2.18 bits per heavy atom. The Morgan fingerprint density at radius 3 is 2.71 bits per heavy atom. The van der Waals surface area contributed by atoms with Gasteiger partial charge >= 0.3 is 0 Å². The first-order valence-corrected chi connectivity index (χ1v) is 6.19. The highest BCUT2D eigenvalue weighted by Crippen LogP contribution is 2.24. The Kier molecular flexibility index (Phi) is 3.23. The lowest BCUT2D eigenvalue weighted by atomic mass is 10.2. The number of imide groups is 1. The van der Waals surface area contributed by atoms with Crippen molar-refractivity contribution in [3.8, 4) is 0 Å². The third-order valence-electron chi connectivity index (χ3n) is 2.72. The summed E-state index contributed by atoms with van der Waals surface area (Å²) in [5, 5.41) is 3.01. The van der Waals surface area contributed by atoms with Gasteiger partial charge in [0.25, 0.3) is 5.91 Å². The van der Waals surface area contributed by atoms with Gasteiger partial charge < -0.3 is 11.1 Å². The van der Waals surface area contributed by atoms with Gasteiger partial charge in [-0.1, -0.05) is 0 Å². The van der Waals surface area contributed by atoms with Crippen molar-refractivity contribution < 1.29 is 9.59 Å². The molecule has 5 nitrogen and oxygen atoms in total. The standard InChI is InChI=1S/C11H12IN3O2/c1-15-10(16)5-9(11(15)17)14-8-3-2-6(12)4-7(8)13/h2-4,9,14H,5,13H2,1H3. The number of amides is 2. The molecule has 2 rings (SSSR count). The van der Waals surface area contributed by atoms with E-state index in [0.29, 0.717) is 11.4 Å². The zero-order valence-corrected chi connectivity index (χ0v) is 11.4. The molecular formula is C11H12IN3O2. The maximum Gasteiger partial charge on any atom is 0.251 e. The summed E-state index contributed by atoms with van der Waals surface area (Å²) in [7, 11) is 1.49. The fourth-order valence-corrected chi connectivity index (χ4v) is 2.24. The van der Waals surface area contributed by atoms with E-state index in [4.69, 9.17) is 5.73 Å². The van der Waals surface area contributed by atoms with E-state index in [0.717, 1.165) is 8.47 Å². The van der Waals surface area contributed by atoms with E-state index < -0.39 is 6.04 Å². The summed E-state index contributed by atoms with van der Waals surface area (Å²) in [6.45, 7) is 0. The number of hydrogen-bond acceptors (Lipinski definition) is 4. The van der Waals surface area contributed by atoms with Gasteiger partial charge in [-0.15, -0.1) is 0 Å². The molecule has 1 saturated heterocycles. The number of nitrogen functional groups attached to an aromatic ring is 1. The van der Waals surface area contributed by atoms with E-state index in [1.54, 1.807) is 0 Å². The highest BCUT2D eigenvalue weighted by Gasteiger charge is 2.36. The van der Waals surface area contributed by atoms with Crippen LogP contribution in [0, 0.1) is 3.57 Å². The number of nitrogens with zero attached hydrogens (tertiary/aromatic N) is 1. The second-order valence-electron chi connectivity index (χ2n) is 3.92. The van der Waals surface area contributed by atoms with Crippen LogP contribution >= 0.6 is 22.6 Å². The molecule has 0 aliphatic carbocycles. The van der Waals surface area contributed by atoms with Crippen molar-refractivity contribution in [3.05, 3.63) is 21.8 Å². The van der Waals surface area contributed by atoms with Gasteiger partial charge in [0.2, 0.25) is 5.91 Å². The van der Waals surface area contributed by atoms with Crippen LogP contribution in [-0.2, 0) is 9.59 Å². The zero-order chi connectivity index (χ0) is 12.6. The molecule has 0 spiro atoms. The molecule has 1 atom stereocenters. The van der Waals surface area contributed by atoms with Crippen molar-refractivity contribution in [1.82, 2.24) is 4.90 Å². The molecule has 1 fully saturated rings. The molecule has 1 aliphatic heterocycles. The Bertz CT molecular complexity index is 490. The number of rotatable bonds is 2. The smallest absolute Gasteiger partial charge is 0.251 e. The molecule has 1 unspecified atom stereocenters. The number of likely N-dealkylation sites (tertiary alicyclic amines) is 1. The summed E-state index contributed by atoms with van der Waals surface area (Å²) >= 11 is 2.16. The Hall–Kier alpha value is -1.31. The van der Waals surface area contributed by atoms with E-state index in [1.165, 1.54) is 7.05 Å². The number of benzene rings is 1. The average Bonchev–Trinajstić information content (AvgIpc) is 2.50. The molecule has 1 heterocycles. The maximum absolute atomic E-state index is 11.7. The molecule has 1 aliphatic rings. The van der Waals surface area contributed by atoms with Crippen LogP contribution in [0.5, 0.6) is 0 Å². The highest BCUT2D eigenvalue weighted by atomic mass is 127. The Labute approximate surface area is 112 Å². The lowest BCUT2D eigenvalue weighted by Crippen LogP contribution is -2.32. The van der Waals surface area contributed by atoms with Crippen LogP contribution in [0.1, 0.15) is 6.42 Å². The number of likely N-dealkylation sites (N-methyl/N-ethyl adjacent to an activating group) is 1. The number of carbonyl (C=O) groups is 2. The maximum atomic E-state index is 11.7. The van der Waals surface area contributed by atoms with Crippen LogP contribution in [0.4, 0.5) is 11.4 Å². The lowest BCUT2D eigenvalue weighted by Gasteiger charge is -2.14. The number of carbonyl (C=O) groups excluding carboxylic acids is 2. The van der Waals surface area contributed by atoms with Crippen molar-refractivity contribution in [2.24, 2.45) is 0 Å². The topological polar surface area (TPSA) is 75.4 Å². The van der Waals surface area contributed by atoms with E-state index in [2.05, 4.69) is 27.9 Å². The lowest BCUT2D eigenvalue weighted by molar-refractivity contribution is -0.136. The molecule has 1 aromatic rings. The summed E-state index contributed by atoms with van der Waals surface area (Å²) < 4.78 is 1.02. The Morgan fingerprint density at radius 1 is 1.47 bits per heavy atom. The molecule has 2 amide bonds. The predicted molar refractivity (Wildman–Crippen MR) is 73.4 cm³/mol. The van der Waals surface area contributed by atoms with Crippen LogP contribution in [0.25, 0.3) is 0 Å². The number of nitrogens with two attached hydrogens (primary N) is 1. The summed E-state index contributed by atoms with van der Waals surface area (Å²) in [6, 6.07) is 5.01. The largest absolute Gasteiger partial charge is 0.397 e. The first kappa shape index (κ1) is 12.2. The van der Waals surface area contributed by atoms with Gasteiger partial charge in [0.1, 0.15) is 6.04 Å². The third-order valence-corrected chi connectivity index (χ3v) is 3.40. The van der Waals surface area contributed by atoms with Gasteiger partial charge in [-0.2, -0.15) is 0 Å². The summed E-state index contributed by atoms with van der Waals surface area (Å²) in [5.41, 5.74) is 7.10. The number of halogens is 1. The first-order chi connectivity index (χ1) is 7.99. The Balaban J connectivity index is 2.17. The zero-order valence-electron chi connectivity index (χ0n) is 9.24. The van der Waals surface area contributed by atoms with Crippen molar-refractivity contribution in [2.45, 2.75) is 12.5 Å². The van der Waals surface area contributed by atoms with E-state index >= 15 is 0 Å². The van der Waals surface area contributed by atoms with Gasteiger partial charge in [0.05, 0.1) is 17.8 Å². The second kappa shape index (κ2) is 4.52. The highest BCUT2D eigenvalue weighted by molar-refractivity contribution is 14.1. The van der Waals surface area contributed by atoms with E-state index in [-0.39, 0.29) is 18.2 Å². The molecule has 0 bridgehead atoms. The molecule has 0 aromatic heterocycles. The molecular weight excluding hydrogens is 333 g/mol. The monoisotopic (exact) mass is 345 g/mol. The van der Waals surface area contributed by atoms with Crippen LogP contribution in [0.15, 0.2) is 18.2 Å². The minimum absolute atomic E-state index is 0.170. The molecule has 0 saturated carbocycles. The van der Waals surface area contributed by atoms with Crippen LogP contribution in [0.2, 0.25) is 0 Å². The minimum Gasteiger partial charge on any atom is -0.397 e. The number of hydrogen-bond donors (Lipinski definition) is 2. The van der Waals surface area contributed by atoms with Gasteiger partial charge in [0, 0.05) is 10.6 Å². The fraction of sp³-hybridized carbons (Fsp3) is 0.273. The molecule has 17 heavy (non-hydrogen) atoms. The summed E-state index contributed by atoms with van der Waals surface area (Å²) in [4.78, 5) is 24.2. The number of nitrogens with one attached hydrogen (secondary N) is 1. The normalized spacial score (nSPS) is 19.9. The fourth-order valence-electron chi connectivity index (χ4n) is 1.72. The van der Waals surface area contributed by atoms with Crippen LogP contribution < -0.4 is 11.1 Å². The van der Waals surface area contributed by atoms with Gasteiger partial charge in [-0.05, 0) is 40.8 Å². The quantitative estimate of drug-likeness (QED) is 0.477. The van der Waals surface area contributed by atoms with Crippen molar-refractivity contribution in [2.75, 3.05) is 18.1 Å². The SMILES string of the molecule is CN1C(=O)CC(Nc2ccc(I)cc2N)C1=O. The van der Waals surface area contributed by atoms with Crippen molar-refractivity contribution >= 4 is 45.8 Å². The van der Waals surface area contributed by atoms with Crippen molar-refractivity contribution in [3.63, 3.8) is 0 Å². The van der Waals surface area contributed by atoms with Crippen molar-refractivity contribution in [1.29, 1.82) is 0 Å².